The second-order valence-electron chi connectivity index (χ2n) is 3.10. The van der Waals surface area contributed by atoms with Gasteiger partial charge < -0.3 is 4.74 Å². The molecule has 0 rings (SSSR count). The highest BCUT2D eigenvalue weighted by molar-refractivity contribution is 8.13. The van der Waals surface area contributed by atoms with E-state index in [9.17, 15) is 0 Å². The molecule has 0 heterocycles. The smallest absolute Gasteiger partial charge is 0.183 e. The third kappa shape index (κ3) is 5.50. The zero-order valence-corrected chi connectivity index (χ0v) is 9.23. The van der Waals surface area contributed by atoms with Crippen molar-refractivity contribution < 1.29 is 4.74 Å². The van der Waals surface area contributed by atoms with Crippen LogP contribution < -0.4 is 5.32 Å². The van der Waals surface area contributed by atoms with E-state index in [-0.39, 0.29) is 5.54 Å². The number of nitriles is 1. The van der Waals surface area contributed by atoms with Crippen LogP contribution in [0.2, 0.25) is 0 Å². The zero-order chi connectivity index (χ0) is 10.3. The first-order chi connectivity index (χ1) is 6.05. The van der Waals surface area contributed by atoms with Crippen LogP contribution in [0.4, 0.5) is 0 Å². The number of ether oxygens (including phenoxy) is 1. The standard InChI is InChI=1S/C8H15N3OS/c1-8(2,5-12-3)11-7(13-4)10-6-9/h5H2,1-4H3,(H,10,11). The van der Waals surface area contributed by atoms with Gasteiger partial charge in [0, 0.05) is 7.11 Å². The van der Waals surface area contributed by atoms with E-state index in [1.165, 1.54) is 11.8 Å². The quantitative estimate of drug-likeness (QED) is 0.322. The molecule has 0 aliphatic heterocycles. The van der Waals surface area contributed by atoms with Crippen molar-refractivity contribution >= 4 is 16.9 Å². The van der Waals surface area contributed by atoms with Gasteiger partial charge in [-0.15, -0.1) is 0 Å². The predicted octanol–water partition coefficient (Wildman–Crippen LogP) is 1.20. The van der Waals surface area contributed by atoms with E-state index in [4.69, 9.17) is 10.00 Å². The monoisotopic (exact) mass is 201 g/mol. The van der Waals surface area contributed by atoms with Crippen molar-refractivity contribution in [2.75, 3.05) is 20.0 Å². The second-order valence-corrected chi connectivity index (χ2v) is 3.90. The van der Waals surface area contributed by atoms with E-state index in [1.807, 2.05) is 26.3 Å². The van der Waals surface area contributed by atoms with Gasteiger partial charge in [-0.05, 0) is 20.1 Å². The van der Waals surface area contributed by atoms with Gasteiger partial charge in [0.25, 0.3) is 0 Å². The normalized spacial score (nSPS) is 12.4. The summed E-state index contributed by atoms with van der Waals surface area (Å²) >= 11 is 1.41. The summed E-state index contributed by atoms with van der Waals surface area (Å²) in [5, 5.41) is 11.5. The fourth-order valence-electron chi connectivity index (χ4n) is 0.833. The molecule has 1 N–H and O–H groups in total. The van der Waals surface area contributed by atoms with Crippen LogP contribution in [0.1, 0.15) is 13.8 Å². The molecule has 0 aliphatic rings. The Morgan fingerprint density at radius 2 is 2.31 bits per heavy atom. The number of nitrogens with zero attached hydrogens (tertiary/aromatic N) is 2. The van der Waals surface area contributed by atoms with Gasteiger partial charge in [0.05, 0.1) is 12.1 Å². The van der Waals surface area contributed by atoms with E-state index < -0.39 is 0 Å². The summed E-state index contributed by atoms with van der Waals surface area (Å²) in [5.41, 5.74) is -0.295. The van der Waals surface area contributed by atoms with Crippen molar-refractivity contribution in [2.45, 2.75) is 19.4 Å². The molecule has 4 nitrogen and oxygen atoms in total. The van der Waals surface area contributed by atoms with Gasteiger partial charge in [-0.25, -0.2) is 0 Å². The lowest BCUT2D eigenvalue weighted by Crippen LogP contribution is -2.28. The van der Waals surface area contributed by atoms with Gasteiger partial charge in [-0.3, -0.25) is 10.3 Å². The third-order valence-corrected chi connectivity index (χ3v) is 1.84. The topological polar surface area (TPSA) is 57.4 Å². The van der Waals surface area contributed by atoms with Crippen LogP contribution >= 0.6 is 11.8 Å². The van der Waals surface area contributed by atoms with Gasteiger partial charge in [-0.1, -0.05) is 11.8 Å². The highest BCUT2D eigenvalue weighted by Gasteiger charge is 2.16. The molecule has 0 fully saturated rings. The average molecular weight is 201 g/mol. The largest absolute Gasteiger partial charge is 0.382 e. The fraction of sp³-hybridized carbons (Fsp3) is 0.750. The molecule has 0 radical (unpaired) electrons. The molecule has 0 aromatic rings. The van der Waals surface area contributed by atoms with Gasteiger partial charge in [0.2, 0.25) is 0 Å². The SMILES string of the molecule is COCC(C)(C)N=C(NC#N)SC. The van der Waals surface area contributed by atoms with Crippen LogP contribution in [0, 0.1) is 11.5 Å². The lowest BCUT2D eigenvalue weighted by Gasteiger charge is -2.19. The molecule has 0 unspecified atom stereocenters. The Morgan fingerprint density at radius 3 is 2.69 bits per heavy atom. The number of hydrogen-bond acceptors (Lipinski definition) is 4. The Balaban J connectivity index is 4.39. The van der Waals surface area contributed by atoms with Crippen LogP contribution in [-0.4, -0.2) is 30.7 Å². The predicted molar refractivity (Wildman–Crippen MR) is 55.7 cm³/mol. The number of methoxy groups -OCH3 is 1. The molecule has 74 valence electrons. The fourth-order valence-corrected chi connectivity index (χ4v) is 1.32. The van der Waals surface area contributed by atoms with Crippen molar-refractivity contribution in [3.05, 3.63) is 0 Å². The van der Waals surface area contributed by atoms with E-state index >= 15 is 0 Å². The number of rotatable bonds is 3. The molecule has 5 heteroatoms. The molecule has 13 heavy (non-hydrogen) atoms. The van der Waals surface area contributed by atoms with E-state index in [2.05, 4.69) is 10.3 Å². The average Bonchev–Trinajstić information content (AvgIpc) is 2.03. The number of aliphatic imine (C=N–C) groups is 1. The molecule has 0 aliphatic carbocycles. The highest BCUT2D eigenvalue weighted by Crippen LogP contribution is 2.11. The lowest BCUT2D eigenvalue weighted by atomic mass is 10.1. The Morgan fingerprint density at radius 1 is 1.69 bits per heavy atom. The maximum Gasteiger partial charge on any atom is 0.183 e. The molecule has 0 bridgehead atoms. The van der Waals surface area contributed by atoms with Crippen molar-refractivity contribution in [1.29, 1.82) is 5.26 Å². The third-order valence-electron chi connectivity index (χ3n) is 1.26. The van der Waals surface area contributed by atoms with E-state index in [0.717, 1.165) is 0 Å². The summed E-state index contributed by atoms with van der Waals surface area (Å²) in [6.07, 6.45) is 3.71. The Hall–Kier alpha value is -0.730. The minimum Gasteiger partial charge on any atom is -0.382 e. The van der Waals surface area contributed by atoms with Crippen LogP contribution in [0.15, 0.2) is 4.99 Å². The van der Waals surface area contributed by atoms with E-state index in [0.29, 0.717) is 11.8 Å². The van der Waals surface area contributed by atoms with Gasteiger partial charge in [0.1, 0.15) is 0 Å². The van der Waals surface area contributed by atoms with Gasteiger partial charge >= 0.3 is 0 Å². The summed E-state index contributed by atoms with van der Waals surface area (Å²) in [5.74, 6) is 0. The second kappa shape index (κ2) is 5.84. The van der Waals surface area contributed by atoms with Gasteiger partial charge in [0.15, 0.2) is 11.4 Å². The summed E-state index contributed by atoms with van der Waals surface area (Å²) < 4.78 is 5.00. The highest BCUT2D eigenvalue weighted by atomic mass is 32.2. The molecule has 0 saturated heterocycles. The lowest BCUT2D eigenvalue weighted by molar-refractivity contribution is 0.150. The number of hydrogen-bond donors (Lipinski definition) is 1. The molecule has 0 spiro atoms. The van der Waals surface area contributed by atoms with E-state index in [1.54, 1.807) is 7.11 Å². The molecule has 0 aromatic carbocycles. The summed E-state index contributed by atoms with van der Waals surface area (Å²) in [7, 11) is 1.63. The first-order valence-corrected chi connectivity index (χ1v) is 5.06. The first-order valence-electron chi connectivity index (χ1n) is 3.83. The van der Waals surface area contributed by atoms with Crippen molar-refractivity contribution in [3.8, 4) is 6.19 Å². The van der Waals surface area contributed by atoms with Crippen molar-refractivity contribution in [3.63, 3.8) is 0 Å². The summed E-state index contributed by atoms with van der Waals surface area (Å²) in [6.45, 7) is 4.43. The maximum atomic E-state index is 8.41. The van der Waals surface area contributed by atoms with Crippen molar-refractivity contribution in [1.82, 2.24) is 5.32 Å². The number of nitrogens with one attached hydrogen (secondary N) is 1. The zero-order valence-electron chi connectivity index (χ0n) is 8.42. The van der Waals surface area contributed by atoms with Gasteiger partial charge in [-0.2, -0.15) is 5.26 Å². The Bertz CT molecular complexity index is 220. The minimum atomic E-state index is -0.295. The summed E-state index contributed by atoms with van der Waals surface area (Å²) in [4.78, 5) is 4.33. The Labute approximate surface area is 83.4 Å². The van der Waals surface area contributed by atoms with Crippen LogP contribution in [0.5, 0.6) is 0 Å². The molecule has 0 atom stereocenters. The molecule has 0 saturated carbocycles. The number of thioether (sulfide) groups is 1. The molecule has 0 aromatic heterocycles. The molecule has 0 amide bonds. The van der Waals surface area contributed by atoms with Crippen LogP contribution in [-0.2, 0) is 4.74 Å². The maximum absolute atomic E-state index is 8.41. The first kappa shape index (κ1) is 12.3. The minimum absolute atomic E-state index is 0.295. The van der Waals surface area contributed by atoms with Crippen LogP contribution in [0.25, 0.3) is 0 Å². The number of amidine groups is 1. The Kier molecular flexibility index (Phi) is 5.51. The molecular weight excluding hydrogens is 186 g/mol. The van der Waals surface area contributed by atoms with Crippen LogP contribution in [0.3, 0.4) is 0 Å². The van der Waals surface area contributed by atoms with Crippen molar-refractivity contribution in [2.24, 2.45) is 4.99 Å². The molecular formula is C8H15N3OS. The summed E-state index contributed by atoms with van der Waals surface area (Å²) in [6, 6.07) is 0.